The van der Waals surface area contributed by atoms with Crippen molar-refractivity contribution in [3.8, 4) is 11.4 Å². The average molecular weight is 481 g/mol. The highest BCUT2D eigenvalue weighted by Gasteiger charge is 2.41. The van der Waals surface area contributed by atoms with E-state index in [2.05, 4.69) is 68.6 Å². The Morgan fingerprint density at radius 1 is 1.23 bits per heavy atom. The zero-order valence-electron chi connectivity index (χ0n) is 17.1. The van der Waals surface area contributed by atoms with Crippen LogP contribution in [0, 0.1) is 13.8 Å². The van der Waals surface area contributed by atoms with Crippen LogP contribution in [0.25, 0.3) is 11.4 Å². The van der Waals surface area contributed by atoms with Crippen molar-refractivity contribution in [1.82, 2.24) is 25.6 Å². The van der Waals surface area contributed by atoms with E-state index in [1.165, 1.54) is 21.7 Å². The number of hydrazine groups is 1. The van der Waals surface area contributed by atoms with E-state index in [0.29, 0.717) is 18.1 Å². The van der Waals surface area contributed by atoms with Crippen LogP contribution in [-0.4, -0.2) is 38.4 Å². The number of rotatable bonds is 4. The van der Waals surface area contributed by atoms with E-state index < -0.39 is 0 Å². The number of amides is 1. The number of fused-ring (bicyclic) bond motifs is 1. The Bertz CT molecular complexity index is 1180. The quantitative estimate of drug-likeness (QED) is 0.612. The first kappa shape index (κ1) is 19.9. The Labute approximate surface area is 188 Å². The van der Waals surface area contributed by atoms with Crippen molar-refractivity contribution in [3.05, 3.63) is 69.5 Å². The lowest BCUT2D eigenvalue weighted by atomic mass is 9.95. The summed E-state index contributed by atoms with van der Waals surface area (Å²) >= 11 is 3.44. The van der Waals surface area contributed by atoms with Crippen LogP contribution in [-0.2, 0) is 11.3 Å². The predicted octanol–water partition coefficient (Wildman–Crippen LogP) is 3.72. The first-order valence-electron chi connectivity index (χ1n) is 10.0. The minimum absolute atomic E-state index is 0.0618. The first-order chi connectivity index (χ1) is 15.0. The number of carbonyl (C=O) groups excluding carboxylic acids is 1. The smallest absolute Gasteiger partial charge is 0.267 e. The van der Waals surface area contributed by atoms with Crippen molar-refractivity contribution in [2.45, 2.75) is 38.9 Å². The zero-order valence-corrected chi connectivity index (χ0v) is 18.7. The van der Waals surface area contributed by atoms with Crippen molar-refractivity contribution in [2.75, 3.05) is 0 Å². The van der Waals surface area contributed by atoms with E-state index in [4.69, 9.17) is 4.52 Å². The molecule has 9 heteroatoms. The van der Waals surface area contributed by atoms with E-state index in [-0.39, 0.29) is 24.5 Å². The van der Waals surface area contributed by atoms with Gasteiger partial charge in [0.2, 0.25) is 11.7 Å². The lowest BCUT2D eigenvalue weighted by Crippen LogP contribution is -2.50. The highest BCUT2D eigenvalue weighted by atomic mass is 79.9. The molecule has 2 aliphatic rings. The van der Waals surface area contributed by atoms with E-state index in [1.807, 2.05) is 24.3 Å². The van der Waals surface area contributed by atoms with Crippen LogP contribution in [0.5, 0.6) is 0 Å². The maximum absolute atomic E-state index is 13.1. The molecule has 1 amide bonds. The molecule has 2 unspecified atom stereocenters. The summed E-state index contributed by atoms with van der Waals surface area (Å²) in [5.41, 5.74) is 7.85. The summed E-state index contributed by atoms with van der Waals surface area (Å²) in [4.78, 5) is 17.5. The lowest BCUT2D eigenvalue weighted by molar-refractivity contribution is -0.137. The molecule has 0 aliphatic carbocycles. The molecule has 0 bridgehead atoms. The van der Waals surface area contributed by atoms with Gasteiger partial charge in [-0.3, -0.25) is 9.80 Å². The van der Waals surface area contributed by atoms with Gasteiger partial charge in [-0.05, 0) is 43.5 Å². The second kappa shape index (κ2) is 7.90. The van der Waals surface area contributed by atoms with Crippen LogP contribution in [0.1, 0.15) is 35.0 Å². The van der Waals surface area contributed by atoms with E-state index in [9.17, 15) is 4.79 Å². The van der Waals surface area contributed by atoms with Gasteiger partial charge in [-0.15, -0.1) is 0 Å². The third kappa shape index (κ3) is 3.86. The molecule has 3 heterocycles. The molecule has 1 saturated heterocycles. The van der Waals surface area contributed by atoms with Gasteiger partial charge in [-0.25, -0.2) is 10.4 Å². The molecule has 1 N–H and O–H groups in total. The first-order valence-corrected chi connectivity index (χ1v) is 10.8. The van der Waals surface area contributed by atoms with Gasteiger partial charge in [0.15, 0.2) is 0 Å². The summed E-state index contributed by atoms with van der Waals surface area (Å²) in [6, 6.07) is 13.8. The van der Waals surface area contributed by atoms with Crippen LogP contribution in [0.4, 0.5) is 0 Å². The number of benzene rings is 2. The van der Waals surface area contributed by atoms with E-state index >= 15 is 0 Å². The van der Waals surface area contributed by atoms with Crippen molar-refractivity contribution in [3.63, 3.8) is 0 Å². The molecule has 31 heavy (non-hydrogen) atoms. The number of hydrazone groups is 1. The number of nitrogens with one attached hydrogen (secondary N) is 1. The minimum Gasteiger partial charge on any atom is -0.337 e. The second-order valence-electron chi connectivity index (χ2n) is 7.85. The molecule has 2 aromatic carbocycles. The maximum Gasteiger partial charge on any atom is 0.267 e. The Kier molecular flexibility index (Phi) is 5.07. The van der Waals surface area contributed by atoms with Gasteiger partial charge in [0.05, 0.1) is 6.04 Å². The molecule has 2 aliphatic heterocycles. The fraction of sp³-hybridized carbons (Fsp3) is 0.273. The molecular weight excluding hydrogens is 460 g/mol. The van der Waals surface area contributed by atoms with E-state index in [1.54, 1.807) is 11.3 Å². The largest absolute Gasteiger partial charge is 0.337 e. The van der Waals surface area contributed by atoms with Gasteiger partial charge in [0.1, 0.15) is 18.9 Å². The number of aryl methyl sites for hydroxylation is 2. The Hall–Kier alpha value is -3.04. The SMILES string of the molecule is Cc1ccc(C)c(C2CC3C(=O)N(Cc4nc(-c5cccc(Br)c5)no4)N=CN3N2)c1. The molecule has 5 rings (SSSR count). The molecule has 3 aromatic rings. The van der Waals surface area contributed by atoms with Crippen LogP contribution in [0.3, 0.4) is 0 Å². The summed E-state index contributed by atoms with van der Waals surface area (Å²) < 4.78 is 6.30. The minimum atomic E-state index is -0.324. The lowest BCUT2D eigenvalue weighted by Gasteiger charge is -2.29. The number of aromatic nitrogens is 2. The normalized spacial score (nSPS) is 20.4. The maximum atomic E-state index is 13.1. The summed E-state index contributed by atoms with van der Waals surface area (Å²) in [5.74, 6) is 0.722. The number of carbonyl (C=O) groups is 1. The van der Waals surface area contributed by atoms with Crippen molar-refractivity contribution in [1.29, 1.82) is 0 Å². The molecule has 0 radical (unpaired) electrons. The topological polar surface area (TPSA) is 86.9 Å². The average Bonchev–Trinajstić information content (AvgIpc) is 3.39. The summed E-state index contributed by atoms with van der Waals surface area (Å²) in [5, 5.41) is 11.5. The number of hydrogen-bond acceptors (Lipinski definition) is 7. The second-order valence-corrected chi connectivity index (χ2v) is 8.77. The van der Waals surface area contributed by atoms with Crippen LogP contribution >= 0.6 is 15.9 Å². The van der Waals surface area contributed by atoms with Crippen molar-refractivity contribution >= 4 is 28.2 Å². The van der Waals surface area contributed by atoms with Gasteiger partial charge >= 0.3 is 0 Å². The zero-order chi connectivity index (χ0) is 21.5. The number of nitrogens with zero attached hydrogens (tertiary/aromatic N) is 5. The van der Waals surface area contributed by atoms with E-state index in [0.717, 1.165) is 10.0 Å². The van der Waals surface area contributed by atoms with Gasteiger partial charge < -0.3 is 4.52 Å². The summed E-state index contributed by atoms with van der Waals surface area (Å²) in [6.45, 7) is 4.30. The fourth-order valence-corrected chi connectivity index (χ4v) is 4.38. The molecule has 1 aromatic heterocycles. The third-order valence-electron chi connectivity index (χ3n) is 5.60. The standard InChI is InChI=1S/C22H21BrN6O2/c1-13-6-7-14(2)17(8-13)18-10-19-22(30)28(24-12-29(19)26-18)11-20-25-21(27-31-20)15-4-3-5-16(23)9-15/h3-9,12,18-19,26H,10-11H2,1-2H3. The van der Waals surface area contributed by atoms with Gasteiger partial charge in [-0.1, -0.05) is 57.0 Å². The van der Waals surface area contributed by atoms with Crippen molar-refractivity contribution < 1.29 is 9.32 Å². The molecule has 2 atom stereocenters. The molecule has 158 valence electrons. The van der Waals surface area contributed by atoms with Crippen LogP contribution < -0.4 is 5.43 Å². The number of halogens is 1. The predicted molar refractivity (Wildman–Crippen MR) is 119 cm³/mol. The fourth-order valence-electron chi connectivity index (χ4n) is 3.98. The third-order valence-corrected chi connectivity index (χ3v) is 6.09. The molecule has 8 nitrogen and oxygen atoms in total. The molecular formula is C22H21BrN6O2. The Balaban J connectivity index is 1.30. The van der Waals surface area contributed by atoms with Crippen molar-refractivity contribution in [2.24, 2.45) is 5.10 Å². The molecule has 0 spiro atoms. The highest BCUT2D eigenvalue weighted by molar-refractivity contribution is 9.10. The van der Waals surface area contributed by atoms with Gasteiger partial charge in [0.25, 0.3) is 5.91 Å². The van der Waals surface area contributed by atoms with Crippen LogP contribution in [0.2, 0.25) is 0 Å². The Morgan fingerprint density at radius 3 is 2.94 bits per heavy atom. The van der Waals surface area contributed by atoms with Crippen LogP contribution in [0.15, 0.2) is 56.6 Å². The Morgan fingerprint density at radius 2 is 2.10 bits per heavy atom. The van der Waals surface area contributed by atoms with Gasteiger partial charge in [0, 0.05) is 10.0 Å². The summed E-state index contributed by atoms with van der Waals surface area (Å²) in [7, 11) is 0. The monoisotopic (exact) mass is 480 g/mol. The number of hydrogen-bond donors (Lipinski definition) is 1. The molecule has 0 saturated carbocycles. The summed E-state index contributed by atoms with van der Waals surface area (Å²) in [6.07, 6.45) is 2.32. The van der Waals surface area contributed by atoms with Gasteiger partial charge in [-0.2, -0.15) is 10.1 Å². The molecule has 1 fully saturated rings. The highest BCUT2D eigenvalue weighted by Crippen LogP contribution is 2.32.